The highest BCUT2D eigenvalue weighted by atomic mass is 35.5. The van der Waals surface area contributed by atoms with Gasteiger partial charge in [0.1, 0.15) is 17.4 Å². The van der Waals surface area contributed by atoms with Crippen molar-refractivity contribution in [3.8, 4) is 5.75 Å². The van der Waals surface area contributed by atoms with E-state index in [1.807, 2.05) is 42.5 Å². The second kappa shape index (κ2) is 9.00. The highest BCUT2D eigenvalue weighted by Crippen LogP contribution is 2.35. The molecule has 1 aliphatic heterocycles. The summed E-state index contributed by atoms with van der Waals surface area (Å²) >= 11 is 6.06. The molecule has 0 bridgehead atoms. The van der Waals surface area contributed by atoms with E-state index in [0.29, 0.717) is 23.7 Å². The minimum Gasteiger partial charge on any atom is -0.423 e. The maximum atomic E-state index is 13.3. The number of nitrogens with zero attached hydrogens (tertiary/aromatic N) is 1. The molecular formula is C25H20ClF2NO2. The largest absolute Gasteiger partial charge is 0.423 e. The maximum absolute atomic E-state index is 13.3. The molecule has 0 spiro atoms. The number of carbonyl (C=O) groups excluding carboxylic acids is 1. The lowest BCUT2D eigenvalue weighted by atomic mass is 9.91. The van der Waals surface area contributed by atoms with Crippen LogP contribution in [0.5, 0.6) is 5.75 Å². The van der Waals surface area contributed by atoms with E-state index in [1.165, 1.54) is 0 Å². The van der Waals surface area contributed by atoms with Gasteiger partial charge in [0, 0.05) is 41.9 Å². The van der Waals surface area contributed by atoms with Crippen molar-refractivity contribution in [1.82, 2.24) is 4.90 Å². The number of halogens is 3. The lowest BCUT2D eigenvalue weighted by Gasteiger charge is -2.41. The van der Waals surface area contributed by atoms with Crippen molar-refractivity contribution in [3.63, 3.8) is 0 Å². The van der Waals surface area contributed by atoms with E-state index in [9.17, 15) is 13.6 Å². The van der Waals surface area contributed by atoms with Gasteiger partial charge in [-0.3, -0.25) is 4.90 Å². The van der Waals surface area contributed by atoms with E-state index < -0.39 is 17.6 Å². The third kappa shape index (κ3) is 4.84. The van der Waals surface area contributed by atoms with Crippen LogP contribution in [0.2, 0.25) is 5.02 Å². The molecule has 0 aliphatic carbocycles. The fourth-order valence-corrected chi connectivity index (χ4v) is 3.80. The van der Waals surface area contributed by atoms with Crippen LogP contribution in [0.4, 0.5) is 8.78 Å². The zero-order chi connectivity index (χ0) is 22.0. The summed E-state index contributed by atoms with van der Waals surface area (Å²) in [7, 11) is 0. The van der Waals surface area contributed by atoms with Gasteiger partial charge < -0.3 is 4.74 Å². The van der Waals surface area contributed by atoms with Gasteiger partial charge in [-0.1, -0.05) is 54.1 Å². The Labute approximate surface area is 184 Å². The Morgan fingerprint density at radius 2 is 1.52 bits per heavy atom. The highest BCUT2D eigenvalue weighted by molar-refractivity contribution is 6.30. The van der Waals surface area contributed by atoms with Gasteiger partial charge in [0.25, 0.3) is 0 Å². The van der Waals surface area contributed by atoms with Crippen LogP contribution in [-0.4, -0.2) is 24.0 Å². The average molecular weight is 440 g/mol. The zero-order valence-electron chi connectivity index (χ0n) is 16.8. The molecule has 1 saturated heterocycles. The first-order valence-corrected chi connectivity index (χ1v) is 10.2. The first-order valence-electron chi connectivity index (χ1n) is 9.82. The lowest BCUT2D eigenvalue weighted by molar-refractivity contribution is -0.130. The molecule has 1 fully saturated rings. The predicted octanol–water partition coefficient (Wildman–Crippen LogP) is 5.95. The summed E-state index contributed by atoms with van der Waals surface area (Å²) in [4.78, 5) is 14.7. The molecule has 0 amide bonds. The summed E-state index contributed by atoms with van der Waals surface area (Å²) in [6.45, 7) is 2.84. The van der Waals surface area contributed by atoms with E-state index in [0.717, 1.165) is 34.9 Å². The Kier molecular flexibility index (Phi) is 6.16. The molecule has 3 aromatic rings. The van der Waals surface area contributed by atoms with Gasteiger partial charge in [-0.05, 0) is 35.8 Å². The Bertz CT molecular complexity index is 1100. The topological polar surface area (TPSA) is 29.5 Å². The Balaban J connectivity index is 1.52. The van der Waals surface area contributed by atoms with Crippen molar-refractivity contribution in [1.29, 1.82) is 0 Å². The Hall–Kier alpha value is -3.02. The molecule has 6 heteroatoms. The number of hydrogen-bond donors (Lipinski definition) is 0. The van der Waals surface area contributed by atoms with Crippen LogP contribution in [0.3, 0.4) is 0 Å². The first kappa shape index (κ1) is 21.2. The van der Waals surface area contributed by atoms with Crippen LogP contribution in [0.25, 0.3) is 0 Å². The van der Waals surface area contributed by atoms with Crippen LogP contribution >= 0.6 is 11.6 Å². The molecule has 158 valence electrons. The van der Waals surface area contributed by atoms with Crippen molar-refractivity contribution >= 4 is 17.6 Å². The normalized spacial score (nSPS) is 14.6. The Morgan fingerprint density at radius 3 is 2.13 bits per heavy atom. The average Bonchev–Trinajstić information content (AvgIpc) is 2.70. The van der Waals surface area contributed by atoms with Crippen molar-refractivity contribution in [3.05, 3.63) is 112 Å². The molecule has 31 heavy (non-hydrogen) atoms. The SMILES string of the molecule is CC(C(=O)Oc1cc(F)cc(F)c1)=C1CN(C(c2ccccc2)c2ccc(Cl)cc2)C1. The third-order valence-electron chi connectivity index (χ3n) is 5.34. The van der Waals surface area contributed by atoms with Crippen molar-refractivity contribution in [2.45, 2.75) is 13.0 Å². The summed E-state index contributed by atoms with van der Waals surface area (Å²) < 4.78 is 31.9. The van der Waals surface area contributed by atoms with Crippen LogP contribution in [0.15, 0.2) is 83.9 Å². The van der Waals surface area contributed by atoms with E-state index >= 15 is 0 Å². The minimum atomic E-state index is -0.795. The summed E-state index contributed by atoms with van der Waals surface area (Å²) in [5.74, 6) is -2.35. The smallest absolute Gasteiger partial charge is 0.339 e. The standard InChI is InChI=1S/C25H20ClF2NO2/c1-16(25(30)31-23-12-21(27)11-22(28)13-23)19-14-29(15-19)24(17-5-3-2-4-6-17)18-7-9-20(26)10-8-18/h2-13,24H,14-15H2,1H3. The number of likely N-dealkylation sites (tertiary alicyclic amines) is 1. The summed E-state index contributed by atoms with van der Waals surface area (Å²) in [5, 5.41) is 0.673. The number of carbonyl (C=O) groups is 1. The van der Waals surface area contributed by atoms with Gasteiger partial charge in [0.2, 0.25) is 0 Å². The predicted molar refractivity (Wildman–Crippen MR) is 116 cm³/mol. The molecule has 1 aliphatic rings. The molecule has 1 unspecified atom stereocenters. The number of rotatable bonds is 5. The van der Waals surface area contributed by atoms with Crippen LogP contribution in [0, 0.1) is 11.6 Å². The van der Waals surface area contributed by atoms with Gasteiger partial charge in [-0.25, -0.2) is 13.6 Å². The first-order chi connectivity index (χ1) is 14.9. The van der Waals surface area contributed by atoms with E-state index in [2.05, 4.69) is 17.0 Å². The van der Waals surface area contributed by atoms with Gasteiger partial charge in [0.15, 0.2) is 0 Å². The molecule has 1 atom stereocenters. The summed E-state index contributed by atoms with van der Waals surface area (Å²) in [5.41, 5.74) is 3.62. The second-order valence-corrected chi connectivity index (χ2v) is 7.93. The fourth-order valence-electron chi connectivity index (χ4n) is 3.67. The van der Waals surface area contributed by atoms with E-state index in [1.54, 1.807) is 6.92 Å². The van der Waals surface area contributed by atoms with Crippen molar-refractivity contribution < 1.29 is 18.3 Å². The van der Waals surface area contributed by atoms with Gasteiger partial charge in [-0.2, -0.15) is 0 Å². The summed E-state index contributed by atoms with van der Waals surface area (Å²) in [6.07, 6.45) is 0. The number of esters is 1. The van der Waals surface area contributed by atoms with Crippen molar-refractivity contribution in [2.75, 3.05) is 13.1 Å². The highest BCUT2D eigenvalue weighted by Gasteiger charge is 2.32. The molecule has 3 nitrogen and oxygen atoms in total. The monoisotopic (exact) mass is 439 g/mol. The Morgan fingerprint density at radius 1 is 0.935 bits per heavy atom. The number of ether oxygens (including phenoxy) is 1. The van der Waals surface area contributed by atoms with Crippen LogP contribution in [0.1, 0.15) is 24.1 Å². The number of benzene rings is 3. The fraction of sp³-hybridized carbons (Fsp3) is 0.160. The zero-order valence-corrected chi connectivity index (χ0v) is 17.6. The minimum absolute atomic E-state index is 0.0170. The third-order valence-corrected chi connectivity index (χ3v) is 5.59. The van der Waals surface area contributed by atoms with Gasteiger partial charge in [-0.15, -0.1) is 0 Å². The maximum Gasteiger partial charge on any atom is 0.339 e. The molecule has 1 heterocycles. The van der Waals surface area contributed by atoms with E-state index in [-0.39, 0.29) is 11.8 Å². The molecule has 0 saturated carbocycles. The van der Waals surface area contributed by atoms with Gasteiger partial charge in [0.05, 0.1) is 6.04 Å². The van der Waals surface area contributed by atoms with Crippen LogP contribution < -0.4 is 4.74 Å². The molecule has 4 rings (SSSR count). The quantitative estimate of drug-likeness (QED) is 0.280. The van der Waals surface area contributed by atoms with Crippen molar-refractivity contribution in [2.24, 2.45) is 0 Å². The molecule has 0 aromatic heterocycles. The van der Waals surface area contributed by atoms with E-state index in [4.69, 9.17) is 16.3 Å². The molecular weight excluding hydrogens is 420 g/mol. The molecule has 0 N–H and O–H groups in total. The lowest BCUT2D eigenvalue weighted by Crippen LogP contribution is -2.44. The summed E-state index contributed by atoms with van der Waals surface area (Å²) in [6, 6.07) is 20.5. The molecule has 3 aromatic carbocycles. The molecule has 0 radical (unpaired) electrons. The number of hydrogen-bond acceptors (Lipinski definition) is 3. The van der Waals surface area contributed by atoms with Gasteiger partial charge >= 0.3 is 5.97 Å². The second-order valence-electron chi connectivity index (χ2n) is 7.49. The van der Waals surface area contributed by atoms with Crippen LogP contribution in [-0.2, 0) is 4.79 Å².